The third-order valence-corrected chi connectivity index (χ3v) is 6.80. The molecule has 0 unspecified atom stereocenters. The fraction of sp³-hybridized carbons (Fsp3) is 0.562. The van der Waals surface area contributed by atoms with Gasteiger partial charge in [-0.1, -0.05) is 0 Å². The molecule has 1 aromatic carbocycles. The molecule has 12 nitrogen and oxygen atoms in total. The molecule has 1 saturated heterocycles. The summed E-state index contributed by atoms with van der Waals surface area (Å²) in [5.74, 6) is 1.68. The van der Waals surface area contributed by atoms with Crippen LogP contribution in [0.3, 0.4) is 0 Å². The number of fused-ring (bicyclic) bond motifs is 1. The highest BCUT2D eigenvalue weighted by atomic mass is 16.6. The van der Waals surface area contributed by atoms with Crippen molar-refractivity contribution in [2.24, 2.45) is 0 Å². The van der Waals surface area contributed by atoms with Crippen LogP contribution in [0, 0.1) is 0 Å². The molecule has 44 heavy (non-hydrogen) atoms. The van der Waals surface area contributed by atoms with Crippen LogP contribution in [0.15, 0.2) is 36.5 Å². The predicted molar refractivity (Wildman–Crippen MR) is 169 cm³/mol. The number of likely N-dealkylation sites (tertiary alicyclic amines) is 1. The summed E-state index contributed by atoms with van der Waals surface area (Å²) in [7, 11) is 0. The normalized spacial score (nSPS) is 15.6. The third-order valence-electron chi connectivity index (χ3n) is 6.80. The van der Waals surface area contributed by atoms with E-state index >= 15 is 0 Å². The van der Waals surface area contributed by atoms with Gasteiger partial charge in [-0.05, 0) is 98.4 Å². The zero-order valence-electron chi connectivity index (χ0n) is 26.9. The molecule has 2 N–H and O–H groups in total. The lowest BCUT2D eigenvalue weighted by Crippen LogP contribution is -2.47. The Labute approximate surface area is 259 Å². The largest absolute Gasteiger partial charge is 0.494 e. The Kier molecular flexibility index (Phi) is 10.2. The first-order valence-corrected chi connectivity index (χ1v) is 15.3. The lowest BCUT2D eigenvalue weighted by atomic mass is 10.0. The summed E-state index contributed by atoms with van der Waals surface area (Å²) >= 11 is 0. The molecule has 0 saturated carbocycles. The summed E-state index contributed by atoms with van der Waals surface area (Å²) < 4.78 is 18.8. The molecule has 0 bridgehead atoms. The van der Waals surface area contributed by atoms with Crippen LogP contribution in [0.5, 0.6) is 5.75 Å². The number of nitrogens with one attached hydrogen (secondary N) is 1. The zero-order chi connectivity index (χ0) is 32.1. The molecule has 1 fully saturated rings. The second-order valence-corrected chi connectivity index (χ2v) is 12.8. The Morgan fingerprint density at radius 1 is 1.07 bits per heavy atom. The summed E-state index contributed by atoms with van der Waals surface area (Å²) in [4.78, 5) is 34.9. The van der Waals surface area contributed by atoms with Crippen LogP contribution in [0.25, 0.3) is 5.65 Å². The average molecular weight is 611 g/mol. The van der Waals surface area contributed by atoms with Crippen molar-refractivity contribution in [2.75, 3.05) is 36.5 Å². The molecule has 1 aliphatic rings. The van der Waals surface area contributed by atoms with Crippen molar-refractivity contribution in [1.82, 2.24) is 19.5 Å². The van der Waals surface area contributed by atoms with Gasteiger partial charge in [-0.15, -0.1) is 0 Å². The molecular weight excluding hydrogens is 564 g/mol. The van der Waals surface area contributed by atoms with E-state index < -0.39 is 17.3 Å². The number of carbonyl (C=O) groups excluding carboxylic acids is 2. The van der Waals surface area contributed by atoms with Gasteiger partial charge in [0, 0.05) is 37.4 Å². The maximum absolute atomic E-state index is 14.0. The number of benzene rings is 1. The van der Waals surface area contributed by atoms with Crippen LogP contribution in [0.4, 0.5) is 26.9 Å². The SMILES string of the molecule is CCOc1ccc(N(C(=O)OC(C)(C)C)c2c(CCCO)c(N[C@H]3CCCN(C(=O)OC(C)(C)C)C3)nc3ccnn23)cc1. The van der Waals surface area contributed by atoms with E-state index in [4.69, 9.17) is 19.2 Å². The maximum atomic E-state index is 14.0. The number of carbonyl (C=O) groups is 2. The van der Waals surface area contributed by atoms with Crippen LogP contribution >= 0.6 is 0 Å². The van der Waals surface area contributed by atoms with E-state index in [1.54, 1.807) is 45.9 Å². The monoisotopic (exact) mass is 610 g/mol. The minimum atomic E-state index is -0.767. The quantitative estimate of drug-likeness (QED) is 0.302. The van der Waals surface area contributed by atoms with Gasteiger partial charge in [0.1, 0.15) is 22.8 Å². The number of hydrogen-bond acceptors (Lipinski definition) is 9. The highest BCUT2D eigenvalue weighted by Crippen LogP contribution is 2.36. The van der Waals surface area contributed by atoms with Crippen molar-refractivity contribution < 1.29 is 28.9 Å². The molecule has 0 aliphatic carbocycles. The lowest BCUT2D eigenvalue weighted by molar-refractivity contribution is 0.0206. The van der Waals surface area contributed by atoms with Gasteiger partial charge >= 0.3 is 12.2 Å². The number of ether oxygens (including phenoxy) is 3. The molecule has 0 radical (unpaired) electrons. The van der Waals surface area contributed by atoms with E-state index in [2.05, 4.69) is 10.4 Å². The maximum Gasteiger partial charge on any atom is 0.420 e. The van der Waals surface area contributed by atoms with Crippen molar-refractivity contribution in [2.45, 2.75) is 91.4 Å². The summed E-state index contributed by atoms with van der Waals surface area (Å²) in [6.45, 7) is 14.4. The lowest BCUT2D eigenvalue weighted by Gasteiger charge is -2.35. The number of rotatable bonds is 9. The number of piperidine rings is 1. The van der Waals surface area contributed by atoms with Crippen molar-refractivity contribution in [3.63, 3.8) is 0 Å². The first-order chi connectivity index (χ1) is 20.8. The molecule has 3 aromatic rings. The Balaban J connectivity index is 1.81. The Bertz CT molecular complexity index is 1430. The second-order valence-electron chi connectivity index (χ2n) is 12.8. The van der Waals surface area contributed by atoms with Crippen LogP contribution in [0.1, 0.15) is 73.3 Å². The molecular formula is C32H46N6O6. The van der Waals surface area contributed by atoms with E-state index in [1.807, 2.05) is 48.5 Å². The molecule has 240 valence electrons. The fourth-order valence-electron chi connectivity index (χ4n) is 5.06. The average Bonchev–Trinajstić information content (AvgIpc) is 3.40. The van der Waals surface area contributed by atoms with Crippen LogP contribution in [-0.4, -0.2) is 80.3 Å². The van der Waals surface area contributed by atoms with Crippen molar-refractivity contribution in [3.8, 4) is 5.75 Å². The molecule has 1 aliphatic heterocycles. The topological polar surface area (TPSA) is 131 Å². The Morgan fingerprint density at radius 2 is 1.77 bits per heavy atom. The van der Waals surface area contributed by atoms with Gasteiger partial charge in [0.15, 0.2) is 11.5 Å². The summed E-state index contributed by atoms with van der Waals surface area (Å²) in [5.41, 5.74) is 0.399. The fourth-order valence-corrected chi connectivity index (χ4v) is 5.06. The highest BCUT2D eigenvalue weighted by Gasteiger charge is 2.33. The third kappa shape index (κ3) is 8.31. The van der Waals surface area contributed by atoms with Gasteiger partial charge < -0.3 is 29.5 Å². The number of aromatic nitrogens is 3. The molecule has 2 amide bonds. The minimum absolute atomic E-state index is 0.0542. The summed E-state index contributed by atoms with van der Waals surface area (Å²) in [5, 5.41) is 18.0. The molecule has 0 spiro atoms. The number of anilines is 3. The zero-order valence-corrected chi connectivity index (χ0v) is 26.9. The van der Waals surface area contributed by atoms with Crippen molar-refractivity contribution >= 4 is 35.2 Å². The van der Waals surface area contributed by atoms with Gasteiger partial charge in [-0.3, -0.25) is 0 Å². The molecule has 1 atom stereocenters. The molecule has 12 heteroatoms. The number of aliphatic hydroxyl groups is 1. The van der Waals surface area contributed by atoms with Crippen LogP contribution in [0.2, 0.25) is 0 Å². The highest BCUT2D eigenvalue weighted by molar-refractivity contribution is 5.97. The number of nitrogens with zero attached hydrogens (tertiary/aromatic N) is 5. The van der Waals surface area contributed by atoms with Gasteiger partial charge in [0.2, 0.25) is 0 Å². The van der Waals surface area contributed by atoms with Gasteiger partial charge in [-0.25, -0.2) is 19.5 Å². The Hall–Kier alpha value is -4.06. The van der Waals surface area contributed by atoms with Crippen LogP contribution < -0.4 is 15.0 Å². The Morgan fingerprint density at radius 3 is 2.41 bits per heavy atom. The van der Waals surface area contributed by atoms with Crippen molar-refractivity contribution in [3.05, 3.63) is 42.1 Å². The van der Waals surface area contributed by atoms with Crippen LogP contribution in [-0.2, 0) is 15.9 Å². The standard InChI is InChI=1S/C32H46N6O6/c1-8-42-24-15-13-23(14-16-24)37(30(41)44-32(5,6)7)28-25(12-10-20-39)27(35-26-17-18-33-38(26)28)34-22-11-9-19-36(21-22)29(40)43-31(2,3)4/h13-18,22,39H,8-12,19-21H2,1-7H3,(H,34,35)/t22-/m0/s1. The van der Waals surface area contributed by atoms with Gasteiger partial charge in [0.25, 0.3) is 0 Å². The van der Waals surface area contributed by atoms with E-state index in [-0.39, 0.29) is 18.7 Å². The van der Waals surface area contributed by atoms with E-state index in [0.717, 1.165) is 12.8 Å². The molecule has 4 rings (SSSR count). The number of amides is 2. The minimum Gasteiger partial charge on any atom is -0.494 e. The summed E-state index contributed by atoms with van der Waals surface area (Å²) in [6, 6.07) is 8.86. The predicted octanol–water partition coefficient (Wildman–Crippen LogP) is 5.94. The van der Waals surface area contributed by atoms with Gasteiger partial charge in [0.05, 0.1) is 18.5 Å². The molecule has 2 aromatic heterocycles. The van der Waals surface area contributed by atoms with Gasteiger partial charge in [-0.2, -0.15) is 9.61 Å². The number of hydrogen-bond donors (Lipinski definition) is 2. The first-order valence-electron chi connectivity index (χ1n) is 15.3. The van der Waals surface area contributed by atoms with E-state index in [0.29, 0.717) is 66.8 Å². The second kappa shape index (κ2) is 13.7. The summed E-state index contributed by atoms with van der Waals surface area (Å²) in [6.07, 6.45) is 3.12. The smallest absolute Gasteiger partial charge is 0.420 e. The first kappa shape index (κ1) is 32.8. The van der Waals surface area contributed by atoms with E-state index in [9.17, 15) is 14.7 Å². The van der Waals surface area contributed by atoms with Crippen molar-refractivity contribution in [1.29, 1.82) is 0 Å². The van der Waals surface area contributed by atoms with E-state index in [1.165, 1.54) is 4.90 Å². The molecule has 3 heterocycles. The number of aliphatic hydroxyl groups excluding tert-OH is 1.